The first-order valence-corrected chi connectivity index (χ1v) is 2.87. The Morgan fingerprint density at radius 1 is 1.11 bits per heavy atom. The number of nitrogens with two attached hydrogens (primary N) is 3. The molecule has 0 aromatic heterocycles. The average molecular weight is 134 g/mol. The largest absolute Gasteiger partial charge is 0.329 e. The van der Waals surface area contributed by atoms with E-state index in [9.17, 15) is 0 Å². The van der Waals surface area contributed by atoms with Crippen LogP contribution >= 0.6 is 0 Å². The SMILES string of the molecule is NCCN(CCN)ON. The summed E-state index contributed by atoms with van der Waals surface area (Å²) in [4.78, 5) is 4.40. The van der Waals surface area contributed by atoms with Crippen molar-refractivity contribution in [1.29, 1.82) is 0 Å². The molecule has 0 rings (SSSR count). The van der Waals surface area contributed by atoms with E-state index in [0.29, 0.717) is 26.2 Å². The van der Waals surface area contributed by atoms with Gasteiger partial charge in [0.05, 0.1) is 0 Å². The first-order chi connectivity index (χ1) is 4.35. The van der Waals surface area contributed by atoms with Gasteiger partial charge in [-0.25, -0.2) is 4.94 Å². The molecule has 0 aliphatic rings. The van der Waals surface area contributed by atoms with E-state index < -0.39 is 0 Å². The first-order valence-electron chi connectivity index (χ1n) is 2.87. The van der Waals surface area contributed by atoms with Crippen molar-refractivity contribution >= 4 is 0 Å². The third-order valence-corrected chi connectivity index (χ3v) is 0.906. The molecule has 0 saturated heterocycles. The van der Waals surface area contributed by atoms with Crippen LogP contribution in [0.3, 0.4) is 0 Å². The second-order valence-electron chi connectivity index (χ2n) is 1.61. The van der Waals surface area contributed by atoms with Crippen LogP contribution in [0.15, 0.2) is 0 Å². The molecule has 0 saturated carbocycles. The van der Waals surface area contributed by atoms with Gasteiger partial charge in [0.15, 0.2) is 0 Å². The zero-order valence-corrected chi connectivity index (χ0v) is 5.42. The van der Waals surface area contributed by atoms with Crippen molar-refractivity contribution in [3.8, 4) is 0 Å². The summed E-state index contributed by atoms with van der Waals surface area (Å²) in [6, 6.07) is 0. The van der Waals surface area contributed by atoms with Crippen molar-refractivity contribution in [2.24, 2.45) is 17.4 Å². The summed E-state index contributed by atoms with van der Waals surface area (Å²) >= 11 is 0. The number of hydroxylamine groups is 2. The Labute approximate surface area is 54.6 Å². The fraction of sp³-hybridized carbons (Fsp3) is 1.00. The minimum atomic E-state index is 0.525. The number of hydrogen-bond acceptors (Lipinski definition) is 5. The van der Waals surface area contributed by atoms with Crippen LogP contribution in [-0.2, 0) is 4.94 Å². The molecule has 0 aliphatic heterocycles. The topological polar surface area (TPSA) is 90.5 Å². The number of rotatable bonds is 5. The molecule has 6 N–H and O–H groups in total. The molecule has 0 heterocycles. The van der Waals surface area contributed by atoms with Crippen molar-refractivity contribution in [1.82, 2.24) is 5.06 Å². The van der Waals surface area contributed by atoms with Gasteiger partial charge in [0.2, 0.25) is 0 Å². The zero-order chi connectivity index (χ0) is 7.11. The molecule has 0 bridgehead atoms. The third-order valence-electron chi connectivity index (χ3n) is 0.906. The molecule has 0 spiro atoms. The molecule has 0 amide bonds. The van der Waals surface area contributed by atoms with Crippen molar-refractivity contribution < 1.29 is 4.94 Å². The summed E-state index contributed by atoms with van der Waals surface area (Å²) in [6.45, 7) is 2.29. The van der Waals surface area contributed by atoms with Crippen molar-refractivity contribution in [3.63, 3.8) is 0 Å². The van der Waals surface area contributed by atoms with Gasteiger partial charge in [-0.2, -0.15) is 11.0 Å². The summed E-state index contributed by atoms with van der Waals surface area (Å²) < 4.78 is 0. The van der Waals surface area contributed by atoms with Crippen LogP contribution in [0.4, 0.5) is 0 Å². The minimum absolute atomic E-state index is 0.525. The highest BCUT2D eigenvalue weighted by molar-refractivity contribution is 4.45. The minimum Gasteiger partial charge on any atom is -0.329 e. The van der Waals surface area contributed by atoms with Gasteiger partial charge in [-0.1, -0.05) is 0 Å². The van der Waals surface area contributed by atoms with Crippen molar-refractivity contribution in [2.75, 3.05) is 26.2 Å². The van der Waals surface area contributed by atoms with Crippen LogP contribution in [0.5, 0.6) is 0 Å². The van der Waals surface area contributed by atoms with Gasteiger partial charge in [-0.3, -0.25) is 0 Å². The fourth-order valence-electron chi connectivity index (χ4n) is 0.505. The van der Waals surface area contributed by atoms with E-state index in [1.165, 1.54) is 5.06 Å². The molecule has 9 heavy (non-hydrogen) atoms. The maximum atomic E-state index is 5.22. The van der Waals surface area contributed by atoms with Gasteiger partial charge >= 0.3 is 0 Å². The van der Waals surface area contributed by atoms with E-state index in [0.717, 1.165) is 0 Å². The molecule has 0 aromatic carbocycles. The maximum Gasteiger partial charge on any atom is 0.0383 e. The molecule has 0 atom stereocenters. The van der Waals surface area contributed by atoms with Gasteiger partial charge in [-0.05, 0) is 0 Å². The van der Waals surface area contributed by atoms with Gasteiger partial charge in [0.25, 0.3) is 0 Å². The summed E-state index contributed by atoms with van der Waals surface area (Å²) in [7, 11) is 0. The normalized spacial score (nSPS) is 10.7. The van der Waals surface area contributed by atoms with Crippen LogP contribution in [0.1, 0.15) is 0 Å². The van der Waals surface area contributed by atoms with Gasteiger partial charge in [-0.15, -0.1) is 0 Å². The van der Waals surface area contributed by atoms with Crippen LogP contribution in [-0.4, -0.2) is 31.2 Å². The molecule has 0 fully saturated rings. The molecule has 0 aliphatic carbocycles. The Morgan fingerprint density at radius 3 is 1.78 bits per heavy atom. The predicted octanol–water partition coefficient (Wildman–Crippen LogP) is -1.99. The molecule has 5 heteroatoms. The highest BCUT2D eigenvalue weighted by atomic mass is 16.8. The number of hydrogen-bond donors (Lipinski definition) is 3. The van der Waals surface area contributed by atoms with Crippen LogP contribution in [0, 0.1) is 0 Å². The molecular formula is C4H14N4O. The smallest absolute Gasteiger partial charge is 0.0383 e. The lowest BCUT2D eigenvalue weighted by molar-refractivity contribution is -0.159. The van der Waals surface area contributed by atoms with Crippen molar-refractivity contribution in [2.45, 2.75) is 0 Å². The zero-order valence-electron chi connectivity index (χ0n) is 5.42. The van der Waals surface area contributed by atoms with Crippen LogP contribution < -0.4 is 17.4 Å². The lowest BCUT2D eigenvalue weighted by Crippen LogP contribution is -2.36. The Bertz CT molecular complexity index is 54.5. The summed E-state index contributed by atoms with van der Waals surface area (Å²) in [6.07, 6.45) is 0. The highest BCUT2D eigenvalue weighted by Crippen LogP contribution is 1.79. The summed E-state index contributed by atoms with van der Waals surface area (Å²) in [5, 5.41) is 1.51. The summed E-state index contributed by atoms with van der Waals surface area (Å²) in [5.74, 6) is 4.86. The van der Waals surface area contributed by atoms with Gasteiger partial charge < -0.3 is 11.5 Å². The molecule has 0 aromatic rings. The second kappa shape index (κ2) is 5.93. The first kappa shape index (κ1) is 8.80. The van der Waals surface area contributed by atoms with Gasteiger partial charge in [0.1, 0.15) is 0 Å². The highest BCUT2D eigenvalue weighted by Gasteiger charge is 1.98. The molecule has 0 unspecified atom stereocenters. The van der Waals surface area contributed by atoms with Crippen LogP contribution in [0.25, 0.3) is 0 Å². The maximum absolute atomic E-state index is 5.22. The monoisotopic (exact) mass is 134 g/mol. The quantitative estimate of drug-likeness (QED) is 0.379. The summed E-state index contributed by atoms with van der Waals surface area (Å²) in [5.41, 5.74) is 10.4. The Balaban J connectivity index is 3.18. The lowest BCUT2D eigenvalue weighted by atomic mass is 10.5. The Hall–Kier alpha value is -0.200. The van der Waals surface area contributed by atoms with E-state index in [1.807, 2.05) is 0 Å². The Morgan fingerprint density at radius 2 is 1.56 bits per heavy atom. The van der Waals surface area contributed by atoms with E-state index in [1.54, 1.807) is 0 Å². The second-order valence-corrected chi connectivity index (χ2v) is 1.61. The third kappa shape index (κ3) is 4.31. The van der Waals surface area contributed by atoms with E-state index in [-0.39, 0.29) is 0 Å². The van der Waals surface area contributed by atoms with Gasteiger partial charge in [0, 0.05) is 26.2 Å². The van der Waals surface area contributed by atoms with Crippen molar-refractivity contribution in [3.05, 3.63) is 0 Å². The van der Waals surface area contributed by atoms with E-state index in [2.05, 4.69) is 4.94 Å². The molecule has 0 radical (unpaired) electrons. The fourth-order valence-corrected chi connectivity index (χ4v) is 0.505. The standard InChI is InChI=1S/C4H14N4O/c5-1-3-8(9-7)4-2-6/h1-7H2. The lowest BCUT2D eigenvalue weighted by Gasteiger charge is -2.15. The molecule has 5 nitrogen and oxygen atoms in total. The number of nitrogens with zero attached hydrogens (tertiary/aromatic N) is 1. The molecule has 56 valence electrons. The average Bonchev–Trinajstić information content (AvgIpc) is 1.88. The van der Waals surface area contributed by atoms with Crippen LogP contribution in [0.2, 0.25) is 0 Å². The van der Waals surface area contributed by atoms with E-state index >= 15 is 0 Å². The van der Waals surface area contributed by atoms with E-state index in [4.69, 9.17) is 17.4 Å². The predicted molar refractivity (Wildman–Crippen MR) is 35.0 cm³/mol. The Kier molecular flexibility index (Phi) is 5.80. The molecular weight excluding hydrogens is 120 g/mol.